The molecular formula is C25H28N2O2. The molecule has 1 amide bonds. The lowest BCUT2D eigenvalue weighted by molar-refractivity contribution is 0.102. The second kappa shape index (κ2) is 9.37. The highest BCUT2D eigenvalue weighted by Gasteiger charge is 2.13. The van der Waals surface area contributed by atoms with E-state index < -0.39 is 0 Å². The van der Waals surface area contributed by atoms with Crippen LogP contribution in [-0.2, 0) is 13.0 Å². The molecule has 0 aliphatic rings. The summed E-state index contributed by atoms with van der Waals surface area (Å²) in [6, 6.07) is 17.3. The molecule has 0 fully saturated rings. The first-order valence-electron chi connectivity index (χ1n) is 10.1. The molecule has 3 rings (SSSR count). The Labute approximate surface area is 172 Å². The van der Waals surface area contributed by atoms with Crippen LogP contribution in [0, 0.1) is 13.8 Å². The summed E-state index contributed by atoms with van der Waals surface area (Å²) in [5, 5.41) is 2.84. The Morgan fingerprint density at radius 1 is 1.03 bits per heavy atom. The average molecular weight is 389 g/mol. The Balaban J connectivity index is 1.77. The fraction of sp³-hybridized carbons (Fsp3) is 0.280. The van der Waals surface area contributed by atoms with Gasteiger partial charge in [0.15, 0.2) is 0 Å². The van der Waals surface area contributed by atoms with Crippen LogP contribution in [0.1, 0.15) is 52.4 Å². The number of benzene rings is 2. The zero-order valence-corrected chi connectivity index (χ0v) is 17.4. The van der Waals surface area contributed by atoms with Crippen LogP contribution in [0.25, 0.3) is 0 Å². The number of carbonyl (C=O) groups is 1. The Hall–Kier alpha value is -3.14. The lowest BCUT2D eigenvalue weighted by atomic mass is 10.1. The van der Waals surface area contributed by atoms with Crippen LogP contribution in [-0.4, -0.2) is 10.5 Å². The van der Waals surface area contributed by atoms with Gasteiger partial charge in [0.1, 0.15) is 5.56 Å². The van der Waals surface area contributed by atoms with Crippen LogP contribution >= 0.6 is 0 Å². The number of rotatable bonds is 7. The molecule has 1 N–H and O–H groups in total. The van der Waals surface area contributed by atoms with E-state index in [1.54, 1.807) is 22.9 Å². The van der Waals surface area contributed by atoms with E-state index in [2.05, 4.69) is 30.4 Å². The summed E-state index contributed by atoms with van der Waals surface area (Å²) in [5.74, 6) is -0.383. The monoisotopic (exact) mass is 388 g/mol. The van der Waals surface area contributed by atoms with Crippen molar-refractivity contribution in [2.24, 2.45) is 0 Å². The summed E-state index contributed by atoms with van der Waals surface area (Å²) < 4.78 is 1.59. The largest absolute Gasteiger partial charge is 0.322 e. The highest BCUT2D eigenvalue weighted by molar-refractivity contribution is 6.03. The smallest absolute Gasteiger partial charge is 0.263 e. The molecule has 1 aromatic heterocycles. The van der Waals surface area contributed by atoms with Gasteiger partial charge in [0.05, 0.1) is 6.54 Å². The Bertz CT molecular complexity index is 1050. The molecule has 4 heteroatoms. The van der Waals surface area contributed by atoms with Crippen molar-refractivity contribution in [2.75, 3.05) is 5.32 Å². The van der Waals surface area contributed by atoms with Crippen LogP contribution in [0.2, 0.25) is 0 Å². The van der Waals surface area contributed by atoms with Gasteiger partial charge in [-0.15, -0.1) is 0 Å². The van der Waals surface area contributed by atoms with Gasteiger partial charge in [-0.2, -0.15) is 0 Å². The Morgan fingerprint density at radius 3 is 2.52 bits per heavy atom. The Kier molecular flexibility index (Phi) is 6.65. The molecule has 0 saturated heterocycles. The average Bonchev–Trinajstić information content (AvgIpc) is 2.71. The molecule has 0 radical (unpaired) electrons. The van der Waals surface area contributed by atoms with Crippen molar-refractivity contribution in [1.29, 1.82) is 0 Å². The highest BCUT2D eigenvalue weighted by atomic mass is 16.2. The predicted molar refractivity (Wildman–Crippen MR) is 119 cm³/mol. The van der Waals surface area contributed by atoms with E-state index in [0.29, 0.717) is 12.2 Å². The van der Waals surface area contributed by atoms with Crippen molar-refractivity contribution >= 4 is 11.6 Å². The first-order chi connectivity index (χ1) is 14.0. The van der Waals surface area contributed by atoms with Gasteiger partial charge < -0.3 is 9.88 Å². The molecule has 0 aliphatic carbocycles. The second-order valence-corrected chi connectivity index (χ2v) is 7.54. The molecule has 3 aromatic rings. The maximum atomic E-state index is 12.9. The van der Waals surface area contributed by atoms with E-state index in [4.69, 9.17) is 0 Å². The number of carbonyl (C=O) groups excluding carboxylic acids is 1. The summed E-state index contributed by atoms with van der Waals surface area (Å²) in [6.45, 7) is 6.67. The quantitative estimate of drug-likeness (QED) is 0.611. The molecule has 150 valence electrons. The summed E-state index contributed by atoms with van der Waals surface area (Å²) in [5.41, 5.74) is 5.15. The first kappa shape index (κ1) is 20.6. The molecule has 29 heavy (non-hydrogen) atoms. The van der Waals surface area contributed by atoms with Crippen molar-refractivity contribution in [3.05, 3.63) is 99.0 Å². The van der Waals surface area contributed by atoms with Gasteiger partial charge in [0, 0.05) is 11.9 Å². The molecule has 1 heterocycles. The van der Waals surface area contributed by atoms with E-state index in [1.165, 1.54) is 5.56 Å². The second-order valence-electron chi connectivity index (χ2n) is 7.54. The van der Waals surface area contributed by atoms with Crippen molar-refractivity contribution in [3.63, 3.8) is 0 Å². The molecule has 0 unspecified atom stereocenters. The van der Waals surface area contributed by atoms with Gasteiger partial charge in [-0.3, -0.25) is 9.59 Å². The SMILES string of the molecule is CCCCc1ccc(NC(=O)c2cccn(Cc3cc(C)ccc3C)c2=O)cc1. The molecule has 0 saturated carbocycles. The van der Waals surface area contributed by atoms with E-state index in [-0.39, 0.29) is 17.0 Å². The zero-order valence-electron chi connectivity index (χ0n) is 17.4. The fourth-order valence-electron chi connectivity index (χ4n) is 3.32. The van der Waals surface area contributed by atoms with Crippen molar-refractivity contribution < 1.29 is 4.79 Å². The van der Waals surface area contributed by atoms with E-state index >= 15 is 0 Å². The number of nitrogens with one attached hydrogen (secondary N) is 1. The van der Waals surface area contributed by atoms with E-state index in [9.17, 15) is 9.59 Å². The molecule has 0 aliphatic heterocycles. The van der Waals surface area contributed by atoms with E-state index in [0.717, 1.165) is 36.0 Å². The lowest BCUT2D eigenvalue weighted by Crippen LogP contribution is -2.29. The number of aryl methyl sites for hydroxylation is 3. The standard InChI is InChI=1S/C25H28N2O2/c1-4-5-7-20-11-13-22(14-12-20)26-24(28)23-8-6-15-27(25(23)29)17-21-16-18(2)9-10-19(21)3/h6,8-16H,4-5,7,17H2,1-3H3,(H,26,28). The fourth-order valence-corrected chi connectivity index (χ4v) is 3.32. The Morgan fingerprint density at radius 2 is 1.79 bits per heavy atom. The minimum absolute atomic E-state index is 0.146. The van der Waals surface area contributed by atoms with Crippen molar-refractivity contribution in [3.8, 4) is 0 Å². The lowest BCUT2D eigenvalue weighted by Gasteiger charge is -2.11. The van der Waals surface area contributed by atoms with E-state index in [1.807, 2.05) is 38.1 Å². The van der Waals surface area contributed by atoms with Crippen LogP contribution in [0.15, 0.2) is 65.6 Å². The number of amides is 1. The summed E-state index contributed by atoms with van der Waals surface area (Å²) >= 11 is 0. The number of unbranched alkanes of at least 4 members (excludes halogenated alkanes) is 1. The normalized spacial score (nSPS) is 10.7. The number of anilines is 1. The van der Waals surface area contributed by atoms with Gasteiger partial charge in [-0.25, -0.2) is 0 Å². The van der Waals surface area contributed by atoms with Gasteiger partial charge in [-0.05, 0) is 67.6 Å². The minimum atomic E-state index is -0.383. The molecule has 4 nitrogen and oxygen atoms in total. The van der Waals surface area contributed by atoms with Crippen LogP contribution in [0.5, 0.6) is 0 Å². The molecule has 0 spiro atoms. The van der Waals surface area contributed by atoms with Crippen LogP contribution in [0.4, 0.5) is 5.69 Å². The predicted octanol–water partition coefficient (Wildman–Crippen LogP) is 5.11. The third-order valence-corrected chi connectivity index (χ3v) is 5.14. The molecule has 0 bridgehead atoms. The zero-order chi connectivity index (χ0) is 20.8. The number of aromatic nitrogens is 1. The van der Waals surface area contributed by atoms with Crippen molar-refractivity contribution in [2.45, 2.75) is 46.6 Å². The third kappa shape index (κ3) is 5.23. The van der Waals surface area contributed by atoms with Gasteiger partial charge in [-0.1, -0.05) is 49.2 Å². The van der Waals surface area contributed by atoms with Gasteiger partial charge in [0.2, 0.25) is 0 Å². The summed E-state index contributed by atoms with van der Waals surface area (Å²) in [4.78, 5) is 25.6. The number of hydrogen-bond donors (Lipinski definition) is 1. The first-order valence-corrected chi connectivity index (χ1v) is 10.1. The highest BCUT2D eigenvalue weighted by Crippen LogP contribution is 2.14. The van der Waals surface area contributed by atoms with Crippen molar-refractivity contribution in [1.82, 2.24) is 4.57 Å². The maximum Gasteiger partial charge on any atom is 0.263 e. The molecule has 2 aromatic carbocycles. The number of nitrogens with zero attached hydrogens (tertiary/aromatic N) is 1. The van der Waals surface area contributed by atoms with Gasteiger partial charge in [0.25, 0.3) is 11.5 Å². The summed E-state index contributed by atoms with van der Waals surface area (Å²) in [6.07, 6.45) is 5.06. The minimum Gasteiger partial charge on any atom is -0.322 e. The maximum absolute atomic E-state index is 12.9. The molecular weight excluding hydrogens is 360 g/mol. The summed E-state index contributed by atoms with van der Waals surface area (Å²) in [7, 11) is 0. The third-order valence-electron chi connectivity index (χ3n) is 5.14. The van der Waals surface area contributed by atoms with Crippen LogP contribution < -0.4 is 10.9 Å². The molecule has 0 atom stereocenters. The van der Waals surface area contributed by atoms with Gasteiger partial charge >= 0.3 is 0 Å². The topological polar surface area (TPSA) is 51.1 Å². The number of pyridine rings is 1. The number of hydrogen-bond acceptors (Lipinski definition) is 2. The van der Waals surface area contributed by atoms with Crippen LogP contribution in [0.3, 0.4) is 0 Å².